The summed E-state index contributed by atoms with van der Waals surface area (Å²) in [5.74, 6) is -0.292. The highest BCUT2D eigenvalue weighted by Crippen LogP contribution is 2.28. The van der Waals surface area contributed by atoms with Crippen LogP contribution in [0.4, 0.5) is 5.69 Å². The van der Waals surface area contributed by atoms with E-state index in [1.165, 1.54) is 10.8 Å². The van der Waals surface area contributed by atoms with E-state index in [4.69, 9.17) is 4.74 Å². The average Bonchev–Trinajstić information content (AvgIpc) is 3.34. The largest absolute Gasteiger partial charge is 0.508 e. The van der Waals surface area contributed by atoms with Gasteiger partial charge in [0.25, 0.3) is 17.7 Å². The number of hydrogen-bond acceptors (Lipinski definition) is 6. The molecule has 3 aromatic rings. The molecular formula is C28H29N5O5. The number of aryl methyl sites for hydroxylation is 1. The summed E-state index contributed by atoms with van der Waals surface area (Å²) in [4.78, 5) is 38.0. The quantitative estimate of drug-likeness (QED) is 0.256. The first-order valence-corrected chi connectivity index (χ1v) is 12.2. The van der Waals surface area contributed by atoms with Crippen molar-refractivity contribution in [1.82, 2.24) is 20.4 Å². The number of allylic oxidation sites excluding steroid dienone is 1. The number of phenolic OH excluding ortho intramolecular Hbond substituents is 1. The van der Waals surface area contributed by atoms with Crippen LogP contribution in [0.5, 0.6) is 11.5 Å². The van der Waals surface area contributed by atoms with Crippen molar-refractivity contribution in [2.24, 2.45) is 0 Å². The second-order valence-corrected chi connectivity index (χ2v) is 8.68. The molecule has 10 heteroatoms. The fourth-order valence-corrected chi connectivity index (χ4v) is 3.84. The second kappa shape index (κ2) is 11.9. The summed E-state index contributed by atoms with van der Waals surface area (Å²) in [5, 5.41) is 22.2. The maximum absolute atomic E-state index is 13.2. The van der Waals surface area contributed by atoms with Gasteiger partial charge in [-0.1, -0.05) is 31.2 Å². The van der Waals surface area contributed by atoms with Gasteiger partial charge in [-0.3, -0.25) is 14.4 Å². The van der Waals surface area contributed by atoms with Gasteiger partial charge in [-0.15, -0.1) is 0 Å². The number of aromatic hydroxyl groups is 1. The number of benzene rings is 2. The molecule has 0 aliphatic carbocycles. The van der Waals surface area contributed by atoms with E-state index in [9.17, 15) is 19.5 Å². The summed E-state index contributed by atoms with van der Waals surface area (Å²) in [6, 6.07) is 13.6. The highest BCUT2D eigenvalue weighted by Gasteiger charge is 2.19. The van der Waals surface area contributed by atoms with E-state index >= 15 is 0 Å². The van der Waals surface area contributed by atoms with Gasteiger partial charge in [-0.05, 0) is 60.9 Å². The Morgan fingerprint density at radius 3 is 2.50 bits per heavy atom. The van der Waals surface area contributed by atoms with Crippen molar-refractivity contribution in [2.45, 2.75) is 33.4 Å². The van der Waals surface area contributed by atoms with E-state index in [0.717, 1.165) is 16.8 Å². The Hall–Kier alpha value is -4.86. The molecule has 4 N–H and O–H groups in total. The molecule has 2 heterocycles. The number of fused-ring (bicyclic) bond motifs is 1. The minimum atomic E-state index is -0.412. The lowest BCUT2D eigenvalue weighted by Gasteiger charge is -2.18. The van der Waals surface area contributed by atoms with Crippen molar-refractivity contribution in [1.29, 1.82) is 0 Å². The maximum Gasteiger partial charge on any atom is 0.270 e. The number of ether oxygens (including phenoxy) is 1. The third-order valence-electron chi connectivity index (χ3n) is 5.79. The SMILES string of the molecule is CC/C=C(/C=C(/C(=O)NCc1ccc(O)cc1)n1nccc1C)C(=O)NCc1ccc2c(c1)NC(=O)CO2. The highest BCUT2D eigenvalue weighted by molar-refractivity contribution is 6.15. The molecule has 3 amide bonds. The fourth-order valence-electron chi connectivity index (χ4n) is 3.84. The summed E-state index contributed by atoms with van der Waals surface area (Å²) in [7, 11) is 0. The molecule has 0 spiro atoms. The average molecular weight is 516 g/mol. The van der Waals surface area contributed by atoms with Crippen molar-refractivity contribution in [3.63, 3.8) is 0 Å². The Morgan fingerprint density at radius 2 is 1.79 bits per heavy atom. The van der Waals surface area contributed by atoms with Crippen molar-refractivity contribution in [3.8, 4) is 11.5 Å². The van der Waals surface area contributed by atoms with Gasteiger partial charge in [0.15, 0.2) is 6.61 Å². The van der Waals surface area contributed by atoms with E-state index in [1.54, 1.807) is 54.7 Å². The van der Waals surface area contributed by atoms with Crippen LogP contribution in [0.2, 0.25) is 0 Å². The number of aromatic nitrogens is 2. The molecule has 4 rings (SSSR count). The van der Waals surface area contributed by atoms with E-state index < -0.39 is 5.91 Å². The van der Waals surface area contributed by atoms with Crippen LogP contribution < -0.4 is 20.7 Å². The van der Waals surface area contributed by atoms with Crippen LogP contribution in [0.15, 0.2) is 72.5 Å². The lowest BCUT2D eigenvalue weighted by Crippen LogP contribution is -2.29. The molecule has 0 atom stereocenters. The molecule has 1 aliphatic heterocycles. The molecule has 0 bridgehead atoms. The summed E-state index contributed by atoms with van der Waals surface area (Å²) >= 11 is 0. The van der Waals surface area contributed by atoms with Crippen molar-refractivity contribution < 1.29 is 24.2 Å². The number of carbonyl (C=O) groups excluding carboxylic acids is 3. The summed E-state index contributed by atoms with van der Waals surface area (Å²) in [5.41, 5.74) is 3.37. The van der Waals surface area contributed by atoms with Crippen molar-refractivity contribution >= 4 is 29.1 Å². The van der Waals surface area contributed by atoms with Gasteiger partial charge < -0.3 is 25.8 Å². The van der Waals surface area contributed by atoms with Crippen molar-refractivity contribution in [3.05, 3.63) is 89.3 Å². The van der Waals surface area contributed by atoms with E-state index in [1.807, 2.05) is 19.9 Å². The number of phenols is 1. The first-order valence-electron chi connectivity index (χ1n) is 12.2. The van der Waals surface area contributed by atoms with Crippen LogP contribution in [-0.4, -0.2) is 39.2 Å². The zero-order valence-corrected chi connectivity index (χ0v) is 21.2. The number of nitrogens with zero attached hydrogens (tertiary/aromatic N) is 2. The molecule has 0 radical (unpaired) electrons. The molecule has 0 unspecified atom stereocenters. The third-order valence-corrected chi connectivity index (χ3v) is 5.79. The molecule has 38 heavy (non-hydrogen) atoms. The third kappa shape index (κ3) is 6.47. The Morgan fingerprint density at radius 1 is 1.08 bits per heavy atom. The fraction of sp³-hybridized carbons (Fsp3) is 0.214. The van der Waals surface area contributed by atoms with Crippen LogP contribution in [0.25, 0.3) is 5.70 Å². The van der Waals surface area contributed by atoms with Crippen LogP contribution in [0.1, 0.15) is 30.2 Å². The second-order valence-electron chi connectivity index (χ2n) is 8.68. The minimum absolute atomic E-state index is 0.0266. The van der Waals surface area contributed by atoms with Gasteiger partial charge in [0, 0.05) is 30.6 Å². The van der Waals surface area contributed by atoms with Crippen molar-refractivity contribution in [2.75, 3.05) is 11.9 Å². The molecule has 0 saturated heterocycles. The van der Waals surface area contributed by atoms with Gasteiger partial charge in [0.2, 0.25) is 0 Å². The molecule has 196 valence electrons. The molecule has 1 aliphatic rings. The topological polar surface area (TPSA) is 135 Å². The zero-order chi connectivity index (χ0) is 27.1. The maximum atomic E-state index is 13.2. The van der Waals surface area contributed by atoms with Gasteiger partial charge in [0.05, 0.1) is 5.69 Å². The Balaban J connectivity index is 1.52. The van der Waals surface area contributed by atoms with E-state index in [2.05, 4.69) is 21.0 Å². The van der Waals surface area contributed by atoms with Crippen LogP contribution >= 0.6 is 0 Å². The van der Waals surface area contributed by atoms with Gasteiger partial charge in [-0.25, -0.2) is 4.68 Å². The standard InChI is InChI=1S/C28H29N5O5/c1-3-4-21(27(36)29-16-20-7-10-25-23(13-20)32-26(35)17-38-25)14-24(33-18(2)11-12-31-33)28(37)30-15-19-5-8-22(34)9-6-19/h4-14,34H,3,15-17H2,1-2H3,(H,29,36)(H,30,37)(H,32,35)/b21-4-,24-14-. The highest BCUT2D eigenvalue weighted by atomic mass is 16.5. The Kier molecular flexibility index (Phi) is 8.22. The monoisotopic (exact) mass is 515 g/mol. The van der Waals surface area contributed by atoms with E-state index in [0.29, 0.717) is 23.4 Å². The minimum Gasteiger partial charge on any atom is -0.508 e. The Bertz CT molecular complexity index is 1410. The summed E-state index contributed by atoms with van der Waals surface area (Å²) in [6.07, 6.45) is 5.41. The number of nitrogens with one attached hydrogen (secondary N) is 3. The van der Waals surface area contributed by atoms with Gasteiger partial charge >= 0.3 is 0 Å². The number of anilines is 1. The predicted octanol–water partition coefficient (Wildman–Crippen LogP) is 3.04. The number of hydrogen-bond donors (Lipinski definition) is 4. The van der Waals surface area contributed by atoms with E-state index in [-0.39, 0.29) is 43.0 Å². The molecule has 0 fully saturated rings. The summed E-state index contributed by atoms with van der Waals surface area (Å²) in [6.45, 7) is 4.13. The Labute approximate surface area is 220 Å². The van der Waals surface area contributed by atoms with Crippen LogP contribution in [-0.2, 0) is 27.5 Å². The van der Waals surface area contributed by atoms with Gasteiger partial charge in [0.1, 0.15) is 17.2 Å². The molecular weight excluding hydrogens is 486 g/mol. The molecule has 0 saturated carbocycles. The first-order chi connectivity index (χ1) is 18.3. The number of carbonyl (C=O) groups is 3. The van der Waals surface area contributed by atoms with Gasteiger partial charge in [-0.2, -0.15) is 5.10 Å². The number of rotatable bonds is 9. The molecule has 2 aromatic carbocycles. The predicted molar refractivity (Wildman–Crippen MR) is 142 cm³/mol. The lowest BCUT2D eigenvalue weighted by molar-refractivity contribution is -0.119. The lowest BCUT2D eigenvalue weighted by atomic mass is 10.1. The van der Waals surface area contributed by atoms with Crippen LogP contribution in [0.3, 0.4) is 0 Å². The zero-order valence-electron chi connectivity index (χ0n) is 21.2. The van der Waals surface area contributed by atoms with Crippen LogP contribution in [0, 0.1) is 6.92 Å². The molecule has 10 nitrogen and oxygen atoms in total. The molecule has 1 aromatic heterocycles. The summed E-state index contributed by atoms with van der Waals surface area (Å²) < 4.78 is 6.86. The first kappa shape index (κ1) is 26.2. The number of amides is 3. The normalized spacial score (nSPS) is 13.3. The smallest absolute Gasteiger partial charge is 0.270 e.